The van der Waals surface area contributed by atoms with Crippen LogP contribution < -0.4 is 10.6 Å². The lowest BCUT2D eigenvalue weighted by Gasteiger charge is -2.17. The SMILES string of the molecule is COC(=O)CC[C@@H](NC(=O)C(C)NC(C)=O)C(=O)O. The normalized spacial score (nSPS) is 13.0. The lowest BCUT2D eigenvalue weighted by Crippen LogP contribution is -2.50. The first-order chi connectivity index (χ1) is 8.77. The molecule has 0 aliphatic carbocycles. The molecule has 0 fully saturated rings. The van der Waals surface area contributed by atoms with Crippen molar-refractivity contribution < 1.29 is 29.0 Å². The molecule has 0 aromatic carbocycles. The lowest BCUT2D eigenvalue weighted by atomic mass is 10.1. The number of amides is 2. The van der Waals surface area contributed by atoms with E-state index in [2.05, 4.69) is 15.4 Å². The van der Waals surface area contributed by atoms with Crippen LogP contribution in [0, 0.1) is 0 Å². The van der Waals surface area contributed by atoms with Crippen LogP contribution in [-0.4, -0.2) is 48.1 Å². The monoisotopic (exact) mass is 274 g/mol. The Morgan fingerprint density at radius 1 is 1.21 bits per heavy atom. The molecule has 2 atom stereocenters. The Hall–Kier alpha value is -2.12. The van der Waals surface area contributed by atoms with Crippen molar-refractivity contribution in [2.75, 3.05) is 7.11 Å². The highest BCUT2D eigenvalue weighted by molar-refractivity contribution is 5.89. The zero-order chi connectivity index (χ0) is 15.0. The third kappa shape index (κ3) is 7.02. The molecule has 1 unspecified atom stereocenters. The predicted molar refractivity (Wildman–Crippen MR) is 64.1 cm³/mol. The Morgan fingerprint density at radius 2 is 1.79 bits per heavy atom. The van der Waals surface area contributed by atoms with Gasteiger partial charge >= 0.3 is 11.9 Å². The molecule has 0 aliphatic heterocycles. The van der Waals surface area contributed by atoms with E-state index in [4.69, 9.17) is 5.11 Å². The number of carbonyl (C=O) groups excluding carboxylic acids is 3. The summed E-state index contributed by atoms with van der Waals surface area (Å²) in [7, 11) is 1.19. The first-order valence-corrected chi connectivity index (χ1v) is 5.65. The minimum Gasteiger partial charge on any atom is -0.480 e. The summed E-state index contributed by atoms with van der Waals surface area (Å²) in [5.41, 5.74) is 0. The van der Waals surface area contributed by atoms with Crippen LogP contribution in [0.2, 0.25) is 0 Å². The highest BCUT2D eigenvalue weighted by Gasteiger charge is 2.24. The molecule has 0 spiro atoms. The number of esters is 1. The molecule has 0 aromatic heterocycles. The number of carbonyl (C=O) groups is 4. The molecule has 2 amide bonds. The summed E-state index contributed by atoms with van der Waals surface area (Å²) in [6.45, 7) is 2.67. The van der Waals surface area contributed by atoms with Crippen LogP contribution in [0.1, 0.15) is 26.7 Å². The van der Waals surface area contributed by atoms with Crippen LogP contribution in [0.4, 0.5) is 0 Å². The van der Waals surface area contributed by atoms with Gasteiger partial charge in [-0.3, -0.25) is 14.4 Å². The first-order valence-electron chi connectivity index (χ1n) is 5.65. The molecule has 3 N–H and O–H groups in total. The van der Waals surface area contributed by atoms with Gasteiger partial charge in [0, 0.05) is 13.3 Å². The van der Waals surface area contributed by atoms with Crippen molar-refractivity contribution in [1.82, 2.24) is 10.6 Å². The summed E-state index contributed by atoms with van der Waals surface area (Å²) in [4.78, 5) is 44.2. The molecule has 8 heteroatoms. The number of rotatable bonds is 7. The van der Waals surface area contributed by atoms with Crippen molar-refractivity contribution in [3.63, 3.8) is 0 Å². The highest BCUT2D eigenvalue weighted by Crippen LogP contribution is 2.00. The maximum absolute atomic E-state index is 11.6. The standard InChI is InChI=1S/C11H18N2O6/c1-6(12-7(2)14)10(16)13-8(11(17)18)4-5-9(15)19-3/h6,8H,4-5H2,1-3H3,(H,12,14)(H,13,16)(H,17,18)/t6?,8-/m1/s1. The Bertz CT molecular complexity index is 368. The fourth-order valence-electron chi connectivity index (χ4n) is 1.29. The summed E-state index contributed by atoms with van der Waals surface area (Å²) in [5.74, 6) is -2.85. The molecule has 0 aromatic rings. The summed E-state index contributed by atoms with van der Waals surface area (Å²) in [5, 5.41) is 13.5. The van der Waals surface area contributed by atoms with E-state index in [1.807, 2.05) is 0 Å². The maximum Gasteiger partial charge on any atom is 0.326 e. The number of methoxy groups -OCH3 is 1. The van der Waals surface area contributed by atoms with Crippen LogP contribution in [0.3, 0.4) is 0 Å². The molecule has 108 valence electrons. The Labute approximate surface area is 110 Å². The Balaban J connectivity index is 4.41. The van der Waals surface area contributed by atoms with Crippen LogP contribution in [0.25, 0.3) is 0 Å². The fraction of sp³-hybridized carbons (Fsp3) is 0.636. The van der Waals surface area contributed by atoms with Crippen molar-refractivity contribution in [2.45, 2.75) is 38.8 Å². The molecule has 0 aliphatic rings. The number of carboxylic acid groups (broad SMARTS) is 1. The van der Waals surface area contributed by atoms with Gasteiger partial charge in [0.15, 0.2) is 0 Å². The van der Waals surface area contributed by atoms with Gasteiger partial charge in [-0.05, 0) is 13.3 Å². The minimum absolute atomic E-state index is 0.0828. The van der Waals surface area contributed by atoms with Gasteiger partial charge in [0.2, 0.25) is 11.8 Å². The van der Waals surface area contributed by atoms with E-state index in [9.17, 15) is 19.2 Å². The second kappa shape index (κ2) is 8.06. The molecule has 0 bridgehead atoms. The van der Waals surface area contributed by atoms with Crippen molar-refractivity contribution in [2.24, 2.45) is 0 Å². The average molecular weight is 274 g/mol. The van der Waals surface area contributed by atoms with Crippen molar-refractivity contribution in [3.8, 4) is 0 Å². The zero-order valence-electron chi connectivity index (χ0n) is 11.1. The van der Waals surface area contributed by atoms with Gasteiger partial charge in [-0.15, -0.1) is 0 Å². The first kappa shape index (κ1) is 16.9. The number of carboxylic acids is 1. The molecular formula is C11H18N2O6. The molecule has 19 heavy (non-hydrogen) atoms. The molecule has 0 rings (SSSR count). The van der Waals surface area contributed by atoms with E-state index < -0.39 is 35.8 Å². The number of aliphatic carboxylic acids is 1. The summed E-state index contributed by atoms with van der Waals surface area (Å²) >= 11 is 0. The molecule has 0 saturated heterocycles. The third-order valence-corrected chi connectivity index (χ3v) is 2.29. The zero-order valence-corrected chi connectivity index (χ0v) is 11.1. The smallest absolute Gasteiger partial charge is 0.326 e. The van der Waals surface area contributed by atoms with E-state index in [1.165, 1.54) is 21.0 Å². The van der Waals surface area contributed by atoms with E-state index in [0.717, 1.165) is 0 Å². The number of hydrogen-bond acceptors (Lipinski definition) is 5. The van der Waals surface area contributed by atoms with Crippen LogP contribution in [0.15, 0.2) is 0 Å². The third-order valence-electron chi connectivity index (χ3n) is 2.29. The lowest BCUT2D eigenvalue weighted by molar-refractivity contribution is -0.144. The molecule has 8 nitrogen and oxygen atoms in total. The van der Waals surface area contributed by atoms with Gasteiger partial charge in [0.05, 0.1) is 7.11 Å². The highest BCUT2D eigenvalue weighted by atomic mass is 16.5. The number of ether oxygens (including phenoxy) is 1. The van der Waals surface area contributed by atoms with Gasteiger partial charge in [-0.25, -0.2) is 4.79 Å². The van der Waals surface area contributed by atoms with Gasteiger partial charge in [-0.1, -0.05) is 0 Å². The van der Waals surface area contributed by atoms with E-state index in [-0.39, 0.29) is 12.8 Å². The maximum atomic E-state index is 11.6. The molecule has 0 saturated carbocycles. The quantitative estimate of drug-likeness (QED) is 0.514. The number of nitrogens with one attached hydrogen (secondary N) is 2. The Morgan fingerprint density at radius 3 is 2.21 bits per heavy atom. The summed E-state index contributed by atoms with van der Waals surface area (Å²) < 4.78 is 4.38. The fourth-order valence-corrected chi connectivity index (χ4v) is 1.29. The molecule has 0 radical (unpaired) electrons. The van der Waals surface area contributed by atoms with E-state index >= 15 is 0 Å². The second-order valence-corrected chi connectivity index (χ2v) is 3.94. The largest absolute Gasteiger partial charge is 0.480 e. The Kier molecular flexibility index (Phi) is 7.16. The van der Waals surface area contributed by atoms with Crippen LogP contribution in [-0.2, 0) is 23.9 Å². The van der Waals surface area contributed by atoms with Crippen LogP contribution >= 0.6 is 0 Å². The van der Waals surface area contributed by atoms with Crippen LogP contribution in [0.5, 0.6) is 0 Å². The molecular weight excluding hydrogens is 256 g/mol. The predicted octanol–water partition coefficient (Wildman–Crippen LogP) is -0.966. The van der Waals surface area contributed by atoms with Gasteiger partial charge in [0.1, 0.15) is 12.1 Å². The van der Waals surface area contributed by atoms with Crippen molar-refractivity contribution >= 4 is 23.8 Å². The topological polar surface area (TPSA) is 122 Å². The van der Waals surface area contributed by atoms with E-state index in [1.54, 1.807) is 0 Å². The van der Waals surface area contributed by atoms with Crippen molar-refractivity contribution in [3.05, 3.63) is 0 Å². The van der Waals surface area contributed by atoms with Gasteiger partial charge < -0.3 is 20.5 Å². The average Bonchev–Trinajstić information content (AvgIpc) is 2.32. The van der Waals surface area contributed by atoms with Crippen molar-refractivity contribution in [1.29, 1.82) is 0 Å². The minimum atomic E-state index is -1.26. The van der Waals surface area contributed by atoms with Gasteiger partial charge in [-0.2, -0.15) is 0 Å². The summed E-state index contributed by atoms with van der Waals surface area (Å²) in [6, 6.07) is -2.06. The van der Waals surface area contributed by atoms with Gasteiger partial charge in [0.25, 0.3) is 0 Å². The second-order valence-electron chi connectivity index (χ2n) is 3.94. The number of hydrogen-bond donors (Lipinski definition) is 3. The summed E-state index contributed by atoms with van der Waals surface area (Å²) in [6.07, 6.45) is -0.206. The van der Waals surface area contributed by atoms with E-state index in [0.29, 0.717) is 0 Å². The molecule has 0 heterocycles.